The Morgan fingerprint density at radius 1 is 1.20 bits per heavy atom. The molecule has 1 aromatic carbocycles. The van der Waals surface area contributed by atoms with Gasteiger partial charge in [-0.3, -0.25) is 4.68 Å². The first kappa shape index (κ1) is 9.84. The topological polar surface area (TPSA) is 17.0 Å². The van der Waals surface area contributed by atoms with Crippen molar-refractivity contribution in [1.82, 2.24) is 4.68 Å². The first-order valence-corrected chi connectivity index (χ1v) is 5.04. The molecule has 0 bridgehead atoms. The summed E-state index contributed by atoms with van der Waals surface area (Å²) >= 11 is 0. The monoisotopic (exact) mass is 199 g/mol. The molecule has 0 aliphatic carbocycles. The number of hydrogen-bond donors (Lipinski definition) is 1. The lowest BCUT2D eigenvalue weighted by molar-refractivity contribution is 0.844. The van der Waals surface area contributed by atoms with E-state index >= 15 is 0 Å². The molecule has 2 aromatic rings. The van der Waals surface area contributed by atoms with Crippen molar-refractivity contribution in [2.75, 3.05) is 5.43 Å². The quantitative estimate of drug-likeness (QED) is 0.804. The minimum atomic E-state index is 0.801. The van der Waals surface area contributed by atoms with Crippen molar-refractivity contribution >= 4 is 0 Å². The fraction of sp³-hybridized carbons (Fsp3) is 0.154. The molecule has 0 aliphatic rings. The molecule has 1 N–H and O–H groups in total. The van der Waals surface area contributed by atoms with E-state index in [0.717, 1.165) is 12.1 Å². The smallest absolute Gasteiger partial charge is 0.0566 e. The molecule has 2 heteroatoms. The molecular formula is C13H15N2. The van der Waals surface area contributed by atoms with Crippen LogP contribution in [0.2, 0.25) is 0 Å². The minimum absolute atomic E-state index is 0.801. The van der Waals surface area contributed by atoms with Crippen molar-refractivity contribution in [2.45, 2.75) is 13.5 Å². The number of rotatable bonds is 3. The van der Waals surface area contributed by atoms with E-state index in [-0.39, 0.29) is 0 Å². The lowest BCUT2D eigenvalue weighted by Gasteiger charge is -2.11. The van der Waals surface area contributed by atoms with Crippen LogP contribution in [-0.4, -0.2) is 4.68 Å². The summed E-state index contributed by atoms with van der Waals surface area (Å²) in [7, 11) is 0. The van der Waals surface area contributed by atoms with E-state index in [0.29, 0.717) is 0 Å². The second-order valence-electron chi connectivity index (χ2n) is 3.64. The third kappa shape index (κ3) is 2.21. The highest BCUT2D eigenvalue weighted by molar-refractivity contribution is 5.37. The Balaban J connectivity index is 2.08. The van der Waals surface area contributed by atoms with Crippen LogP contribution in [0.15, 0.2) is 42.7 Å². The van der Waals surface area contributed by atoms with Crippen molar-refractivity contribution in [3.63, 3.8) is 0 Å². The third-order valence-electron chi connectivity index (χ3n) is 2.56. The van der Waals surface area contributed by atoms with Gasteiger partial charge in [-0.25, -0.2) is 0 Å². The van der Waals surface area contributed by atoms with Gasteiger partial charge in [0.25, 0.3) is 0 Å². The van der Waals surface area contributed by atoms with E-state index in [9.17, 15) is 0 Å². The maximum atomic E-state index is 4.07. The molecule has 0 fully saturated rings. The van der Waals surface area contributed by atoms with Gasteiger partial charge in [-0.2, -0.15) is 0 Å². The Bertz CT molecular complexity index is 430. The summed E-state index contributed by atoms with van der Waals surface area (Å²) in [4.78, 5) is 0. The van der Waals surface area contributed by atoms with Crippen molar-refractivity contribution < 1.29 is 0 Å². The van der Waals surface area contributed by atoms with Gasteiger partial charge < -0.3 is 5.43 Å². The lowest BCUT2D eigenvalue weighted by Crippen LogP contribution is -2.12. The molecule has 0 aliphatic heterocycles. The van der Waals surface area contributed by atoms with Crippen LogP contribution < -0.4 is 5.43 Å². The van der Waals surface area contributed by atoms with Gasteiger partial charge >= 0.3 is 0 Å². The summed E-state index contributed by atoms with van der Waals surface area (Å²) < 4.78 is 1.95. The van der Waals surface area contributed by atoms with E-state index in [1.807, 2.05) is 29.2 Å². The highest BCUT2D eigenvalue weighted by Gasteiger charge is 1.99. The molecule has 1 aromatic heterocycles. The van der Waals surface area contributed by atoms with Crippen LogP contribution in [0, 0.1) is 13.8 Å². The van der Waals surface area contributed by atoms with Gasteiger partial charge in [0.2, 0.25) is 0 Å². The average molecular weight is 199 g/mol. The molecule has 0 saturated carbocycles. The number of aryl methyl sites for hydroxylation is 1. The van der Waals surface area contributed by atoms with Gasteiger partial charge in [0.15, 0.2) is 0 Å². The second kappa shape index (κ2) is 4.22. The molecule has 0 atom stereocenters. The number of benzene rings is 1. The fourth-order valence-electron chi connectivity index (χ4n) is 1.55. The summed E-state index contributed by atoms with van der Waals surface area (Å²) in [6, 6.07) is 10.2. The van der Waals surface area contributed by atoms with Gasteiger partial charge in [0.1, 0.15) is 0 Å². The Hall–Kier alpha value is -1.70. The van der Waals surface area contributed by atoms with E-state index < -0.39 is 0 Å². The predicted molar refractivity (Wildman–Crippen MR) is 63.1 cm³/mol. The molecule has 15 heavy (non-hydrogen) atoms. The zero-order chi connectivity index (χ0) is 10.7. The molecule has 1 radical (unpaired) electrons. The highest BCUT2D eigenvalue weighted by Crippen LogP contribution is 2.12. The van der Waals surface area contributed by atoms with Crippen LogP contribution in [0.3, 0.4) is 0 Å². The molecule has 77 valence electrons. The van der Waals surface area contributed by atoms with Gasteiger partial charge in [0, 0.05) is 12.4 Å². The van der Waals surface area contributed by atoms with Crippen LogP contribution in [0.5, 0.6) is 0 Å². The highest BCUT2D eigenvalue weighted by atomic mass is 15.4. The number of hydrogen-bond acceptors (Lipinski definition) is 1. The van der Waals surface area contributed by atoms with E-state index in [1.165, 1.54) is 11.1 Å². The zero-order valence-electron chi connectivity index (χ0n) is 8.90. The Morgan fingerprint density at radius 3 is 2.67 bits per heavy atom. The summed E-state index contributed by atoms with van der Waals surface area (Å²) in [5.74, 6) is 0. The van der Waals surface area contributed by atoms with E-state index in [1.54, 1.807) is 0 Å². The average Bonchev–Trinajstić information content (AvgIpc) is 2.73. The van der Waals surface area contributed by atoms with E-state index in [2.05, 4.69) is 37.5 Å². The largest absolute Gasteiger partial charge is 0.322 e. The van der Waals surface area contributed by atoms with Crippen LogP contribution in [0.1, 0.15) is 16.7 Å². The number of nitrogens with one attached hydrogen (secondary N) is 1. The predicted octanol–water partition coefficient (Wildman–Crippen LogP) is 2.72. The summed E-state index contributed by atoms with van der Waals surface area (Å²) in [6.07, 6.45) is 3.97. The molecule has 1 heterocycles. The fourth-order valence-corrected chi connectivity index (χ4v) is 1.55. The zero-order valence-corrected chi connectivity index (χ0v) is 8.90. The molecule has 0 spiro atoms. The second-order valence-corrected chi connectivity index (χ2v) is 3.64. The maximum Gasteiger partial charge on any atom is 0.0566 e. The first-order valence-electron chi connectivity index (χ1n) is 5.04. The maximum absolute atomic E-state index is 4.07. The van der Waals surface area contributed by atoms with Crippen molar-refractivity contribution in [3.8, 4) is 0 Å². The molecular weight excluding hydrogens is 184 g/mol. The Kier molecular flexibility index (Phi) is 2.77. The molecule has 2 rings (SSSR count). The molecule has 0 saturated heterocycles. The van der Waals surface area contributed by atoms with Crippen LogP contribution >= 0.6 is 0 Å². The minimum Gasteiger partial charge on any atom is -0.322 e. The van der Waals surface area contributed by atoms with Crippen LogP contribution in [-0.2, 0) is 6.54 Å². The van der Waals surface area contributed by atoms with Crippen molar-refractivity contribution in [1.29, 1.82) is 0 Å². The summed E-state index contributed by atoms with van der Waals surface area (Å²) in [6.45, 7) is 6.96. The van der Waals surface area contributed by atoms with E-state index in [4.69, 9.17) is 0 Å². The first-order chi connectivity index (χ1) is 7.27. The summed E-state index contributed by atoms with van der Waals surface area (Å²) in [5, 5.41) is 0. The number of aromatic nitrogens is 1. The van der Waals surface area contributed by atoms with Gasteiger partial charge in [0.05, 0.1) is 6.54 Å². The van der Waals surface area contributed by atoms with Gasteiger partial charge in [-0.05, 0) is 42.7 Å². The van der Waals surface area contributed by atoms with Crippen LogP contribution in [0.25, 0.3) is 0 Å². The van der Waals surface area contributed by atoms with Gasteiger partial charge in [-0.15, -0.1) is 0 Å². The SMILES string of the molecule is [CH2]c1c(C)cccc1CNn1cccc1. The third-order valence-corrected chi connectivity index (χ3v) is 2.56. The normalized spacial score (nSPS) is 10.3. The van der Waals surface area contributed by atoms with Crippen LogP contribution in [0.4, 0.5) is 0 Å². The Labute approximate surface area is 90.5 Å². The molecule has 0 unspecified atom stereocenters. The lowest BCUT2D eigenvalue weighted by atomic mass is 10.0. The molecule has 2 nitrogen and oxygen atoms in total. The standard InChI is InChI=1S/C13H15N2/c1-11-6-5-7-13(12(11)2)10-14-15-8-3-4-9-15/h3-9,14H,2,10H2,1H3. The Morgan fingerprint density at radius 2 is 1.93 bits per heavy atom. The van der Waals surface area contributed by atoms with Crippen molar-refractivity contribution in [3.05, 3.63) is 66.3 Å². The summed E-state index contributed by atoms with van der Waals surface area (Å²) in [5.41, 5.74) is 6.89. The number of nitrogens with zero attached hydrogens (tertiary/aromatic N) is 1. The molecule has 0 amide bonds. The van der Waals surface area contributed by atoms with Gasteiger partial charge in [-0.1, -0.05) is 18.2 Å². The van der Waals surface area contributed by atoms with Crippen molar-refractivity contribution in [2.24, 2.45) is 0 Å².